The summed E-state index contributed by atoms with van der Waals surface area (Å²) < 4.78 is 27.1. The van der Waals surface area contributed by atoms with Crippen LogP contribution in [0.25, 0.3) is 0 Å². The number of piperidine rings is 2. The van der Waals surface area contributed by atoms with Gasteiger partial charge in [-0.3, -0.25) is 4.90 Å². The number of amides is 2. The van der Waals surface area contributed by atoms with Gasteiger partial charge in [-0.15, -0.1) is 0 Å². The molecule has 0 spiro atoms. The van der Waals surface area contributed by atoms with Crippen LogP contribution in [0.3, 0.4) is 0 Å². The monoisotopic (exact) mass is 359 g/mol. The number of alkyl halides is 2. The molecule has 25 heavy (non-hydrogen) atoms. The van der Waals surface area contributed by atoms with Crippen molar-refractivity contribution in [1.82, 2.24) is 15.1 Å². The predicted octanol–water partition coefficient (Wildman–Crippen LogP) is 2.44. The maximum Gasteiger partial charge on any atom is 0.317 e. The number of hydrogen-bond donors (Lipinski definition) is 2. The van der Waals surface area contributed by atoms with Crippen LogP contribution < -0.4 is 5.32 Å². The summed E-state index contributed by atoms with van der Waals surface area (Å²) in [6, 6.07) is 0.149. The van der Waals surface area contributed by atoms with Crippen molar-refractivity contribution in [2.24, 2.45) is 5.92 Å². The van der Waals surface area contributed by atoms with Crippen molar-refractivity contribution >= 4 is 6.03 Å². The first kappa shape index (κ1) is 18.8. The molecule has 2 amide bonds. The van der Waals surface area contributed by atoms with Crippen molar-refractivity contribution in [3.05, 3.63) is 0 Å². The predicted molar refractivity (Wildman–Crippen MR) is 91.7 cm³/mol. The van der Waals surface area contributed by atoms with Crippen molar-refractivity contribution in [1.29, 1.82) is 0 Å². The number of halogens is 2. The van der Waals surface area contributed by atoms with E-state index in [0.29, 0.717) is 0 Å². The number of aliphatic hydroxyl groups is 1. The molecule has 144 valence electrons. The standard InChI is InChI=1S/C18H31F2N3O2/c1-13-12-23(11-8-18(13,19)20)17(25)21-14-6-9-22(10-7-14)15-4-2-3-5-16(15)24/h13-16,24H,2-12H2,1H3,(H,21,25). The Hall–Kier alpha value is -0.950. The quantitative estimate of drug-likeness (QED) is 0.796. The van der Waals surface area contributed by atoms with E-state index < -0.39 is 11.8 Å². The molecule has 2 heterocycles. The maximum absolute atomic E-state index is 13.6. The first-order valence-corrected chi connectivity index (χ1v) is 9.72. The van der Waals surface area contributed by atoms with Gasteiger partial charge in [0.2, 0.25) is 0 Å². The Morgan fingerprint density at radius 2 is 1.80 bits per heavy atom. The van der Waals surface area contributed by atoms with E-state index in [2.05, 4.69) is 10.2 Å². The topological polar surface area (TPSA) is 55.8 Å². The molecule has 2 N–H and O–H groups in total. The molecular weight excluding hydrogens is 328 g/mol. The Morgan fingerprint density at radius 1 is 1.12 bits per heavy atom. The summed E-state index contributed by atoms with van der Waals surface area (Å²) in [5.41, 5.74) is 0. The molecule has 0 aromatic heterocycles. The van der Waals surface area contributed by atoms with Gasteiger partial charge in [-0.25, -0.2) is 13.6 Å². The second kappa shape index (κ2) is 7.74. The highest BCUT2D eigenvalue weighted by molar-refractivity contribution is 5.74. The third-order valence-corrected chi connectivity index (χ3v) is 6.24. The lowest BCUT2D eigenvalue weighted by Gasteiger charge is -2.42. The Bertz CT molecular complexity index is 469. The number of aliphatic hydroxyl groups excluding tert-OH is 1. The zero-order valence-electron chi connectivity index (χ0n) is 15.1. The highest BCUT2D eigenvalue weighted by atomic mass is 19.3. The molecule has 3 unspecified atom stereocenters. The largest absolute Gasteiger partial charge is 0.391 e. The normalized spacial score (nSPS) is 34.7. The molecule has 0 bridgehead atoms. The number of urea groups is 1. The molecule has 2 aliphatic heterocycles. The summed E-state index contributed by atoms with van der Waals surface area (Å²) in [5.74, 6) is -3.45. The highest BCUT2D eigenvalue weighted by Crippen LogP contribution is 2.33. The minimum Gasteiger partial charge on any atom is -0.391 e. The molecule has 3 aliphatic rings. The zero-order valence-corrected chi connectivity index (χ0v) is 15.1. The van der Waals surface area contributed by atoms with Gasteiger partial charge in [0, 0.05) is 50.6 Å². The number of carbonyl (C=O) groups excluding carboxylic acids is 1. The van der Waals surface area contributed by atoms with E-state index in [-0.39, 0.29) is 43.7 Å². The number of rotatable bonds is 2. The van der Waals surface area contributed by atoms with E-state index in [1.54, 1.807) is 0 Å². The summed E-state index contributed by atoms with van der Waals surface area (Å²) in [7, 11) is 0. The van der Waals surface area contributed by atoms with E-state index in [4.69, 9.17) is 0 Å². The Balaban J connectivity index is 1.43. The smallest absolute Gasteiger partial charge is 0.317 e. The Kier molecular flexibility index (Phi) is 5.83. The van der Waals surface area contributed by atoms with Crippen molar-refractivity contribution in [2.75, 3.05) is 26.2 Å². The molecule has 3 rings (SSSR count). The first-order valence-electron chi connectivity index (χ1n) is 9.72. The maximum atomic E-state index is 13.6. The number of nitrogens with zero attached hydrogens (tertiary/aromatic N) is 2. The van der Waals surface area contributed by atoms with Crippen LogP contribution in [0, 0.1) is 5.92 Å². The van der Waals surface area contributed by atoms with Gasteiger partial charge in [-0.1, -0.05) is 19.8 Å². The average molecular weight is 359 g/mol. The van der Waals surface area contributed by atoms with E-state index in [1.807, 2.05) is 0 Å². The van der Waals surface area contributed by atoms with Crippen LogP contribution in [-0.2, 0) is 0 Å². The molecule has 1 saturated carbocycles. The average Bonchev–Trinajstić information content (AvgIpc) is 2.58. The second-order valence-electron chi connectivity index (χ2n) is 8.04. The molecule has 0 aromatic rings. The number of nitrogens with one attached hydrogen (secondary N) is 1. The third-order valence-electron chi connectivity index (χ3n) is 6.24. The summed E-state index contributed by atoms with van der Waals surface area (Å²) >= 11 is 0. The fourth-order valence-electron chi connectivity index (χ4n) is 4.43. The molecular formula is C18H31F2N3O2. The Labute approximate surface area is 148 Å². The second-order valence-corrected chi connectivity index (χ2v) is 8.04. The molecule has 0 radical (unpaired) electrons. The van der Waals surface area contributed by atoms with E-state index >= 15 is 0 Å². The van der Waals surface area contributed by atoms with Gasteiger partial charge >= 0.3 is 6.03 Å². The lowest BCUT2D eigenvalue weighted by atomic mass is 9.89. The Morgan fingerprint density at radius 3 is 2.44 bits per heavy atom. The van der Waals surface area contributed by atoms with Crippen molar-refractivity contribution in [3.8, 4) is 0 Å². The van der Waals surface area contributed by atoms with Crippen molar-refractivity contribution in [2.45, 2.75) is 76.0 Å². The molecule has 1 aliphatic carbocycles. The fraction of sp³-hybridized carbons (Fsp3) is 0.944. The first-order chi connectivity index (χ1) is 11.9. The van der Waals surface area contributed by atoms with E-state index in [9.17, 15) is 18.7 Å². The van der Waals surface area contributed by atoms with E-state index in [1.165, 1.54) is 18.2 Å². The number of carbonyl (C=O) groups is 1. The molecule has 5 nitrogen and oxygen atoms in total. The van der Waals surface area contributed by atoms with Gasteiger partial charge in [-0.05, 0) is 25.7 Å². The van der Waals surface area contributed by atoms with Crippen molar-refractivity contribution in [3.63, 3.8) is 0 Å². The van der Waals surface area contributed by atoms with Crippen LogP contribution in [-0.4, -0.2) is 71.2 Å². The molecule has 2 saturated heterocycles. The molecule has 3 fully saturated rings. The van der Waals surface area contributed by atoms with Crippen LogP contribution in [0.15, 0.2) is 0 Å². The van der Waals surface area contributed by atoms with Gasteiger partial charge in [-0.2, -0.15) is 0 Å². The molecule has 3 atom stereocenters. The number of hydrogen-bond acceptors (Lipinski definition) is 3. The van der Waals surface area contributed by atoms with Gasteiger partial charge in [0.05, 0.1) is 6.10 Å². The van der Waals surface area contributed by atoms with Crippen LogP contribution in [0.4, 0.5) is 13.6 Å². The summed E-state index contributed by atoms with van der Waals surface area (Å²) in [4.78, 5) is 16.3. The van der Waals surface area contributed by atoms with Crippen LogP contribution in [0.5, 0.6) is 0 Å². The minimum absolute atomic E-state index is 0.0993. The third kappa shape index (κ3) is 4.42. The van der Waals surface area contributed by atoms with Crippen LogP contribution in [0.1, 0.15) is 51.9 Å². The zero-order chi connectivity index (χ0) is 18.0. The molecule has 0 aromatic carbocycles. The minimum atomic E-state index is -2.66. The van der Waals surface area contributed by atoms with Crippen LogP contribution in [0.2, 0.25) is 0 Å². The SMILES string of the molecule is CC1CN(C(=O)NC2CCN(C3CCCCC3O)CC2)CCC1(F)F. The highest BCUT2D eigenvalue weighted by Gasteiger charge is 2.42. The van der Waals surface area contributed by atoms with Gasteiger partial charge < -0.3 is 15.3 Å². The summed E-state index contributed by atoms with van der Waals surface area (Å²) in [6.07, 6.45) is 5.46. The summed E-state index contributed by atoms with van der Waals surface area (Å²) in [5, 5.41) is 13.2. The lowest BCUT2D eigenvalue weighted by molar-refractivity contribution is -0.0908. The van der Waals surface area contributed by atoms with E-state index in [0.717, 1.165) is 45.2 Å². The fourth-order valence-corrected chi connectivity index (χ4v) is 4.43. The van der Waals surface area contributed by atoms with Crippen molar-refractivity contribution < 1.29 is 18.7 Å². The van der Waals surface area contributed by atoms with Gasteiger partial charge in [0.25, 0.3) is 5.92 Å². The lowest BCUT2D eigenvalue weighted by Crippen LogP contribution is -2.56. The van der Waals surface area contributed by atoms with Gasteiger partial charge in [0.1, 0.15) is 0 Å². The van der Waals surface area contributed by atoms with Gasteiger partial charge in [0.15, 0.2) is 0 Å². The summed E-state index contributed by atoms with van der Waals surface area (Å²) in [6.45, 7) is 3.50. The molecule has 7 heteroatoms. The van der Waals surface area contributed by atoms with Crippen LogP contribution >= 0.6 is 0 Å². The number of likely N-dealkylation sites (tertiary alicyclic amines) is 2.